The number of nitrogens with one attached hydrogen (secondary N) is 3. The van der Waals surface area contributed by atoms with E-state index in [4.69, 9.17) is 9.20 Å². The van der Waals surface area contributed by atoms with Crippen molar-refractivity contribution in [1.29, 1.82) is 4.78 Å². The van der Waals surface area contributed by atoms with Gasteiger partial charge in [-0.3, -0.25) is 0 Å². The minimum Gasteiger partial charge on any atom is -0.449 e. The number of hydrogen-bond acceptors (Lipinski definition) is 5. The number of rotatable bonds is 6. The van der Waals surface area contributed by atoms with Gasteiger partial charge in [0, 0.05) is 17.3 Å². The number of hydrogen-bond donors (Lipinski definition) is 4. The van der Waals surface area contributed by atoms with Gasteiger partial charge in [0.05, 0.1) is 5.60 Å². The number of fused-ring (bicyclic) bond motifs is 1. The van der Waals surface area contributed by atoms with Crippen LogP contribution in [0.4, 0.5) is 10.5 Å². The number of aryl methyl sites for hydroxylation is 2. The summed E-state index contributed by atoms with van der Waals surface area (Å²) in [5.74, 6) is 1.02. The third-order valence-electron chi connectivity index (χ3n) is 6.42. The second kappa shape index (κ2) is 7.98. The fourth-order valence-corrected chi connectivity index (χ4v) is 5.51. The lowest BCUT2D eigenvalue weighted by Crippen LogP contribution is -2.34. The van der Waals surface area contributed by atoms with Gasteiger partial charge in [-0.15, -0.1) is 0 Å². The van der Waals surface area contributed by atoms with E-state index < -0.39 is 21.5 Å². The van der Waals surface area contributed by atoms with E-state index in [9.17, 15) is 14.1 Å². The summed E-state index contributed by atoms with van der Waals surface area (Å²) in [6, 6.07) is 4.96. The van der Waals surface area contributed by atoms with Crippen LogP contribution in [0.2, 0.25) is 0 Å². The maximum Gasteiger partial charge on any atom is 0.332 e. The third-order valence-corrected chi connectivity index (χ3v) is 7.66. The van der Waals surface area contributed by atoms with Crippen LogP contribution < -0.4 is 10.0 Å². The molecule has 8 heteroatoms. The minimum absolute atomic E-state index is 0.176. The van der Waals surface area contributed by atoms with E-state index in [0.29, 0.717) is 17.2 Å². The standard InChI is InChI=1S/C23H31N3O4S/c1-14-19(23(2,3)28)13-20(30-14)31(24,29)26-22(27)25-21-17(12-15-6-4-7-15)11-10-16-8-5-9-18(16)21/h10-11,13,15,28H,4-9,12H2,1-3H3,(H3,24,25,26,27,29). The summed E-state index contributed by atoms with van der Waals surface area (Å²) in [6.07, 6.45) is 7.57. The molecule has 1 heterocycles. The van der Waals surface area contributed by atoms with Crippen molar-refractivity contribution in [3.8, 4) is 0 Å². The van der Waals surface area contributed by atoms with E-state index in [1.54, 1.807) is 20.8 Å². The summed E-state index contributed by atoms with van der Waals surface area (Å²) in [4.78, 5) is 12.8. The average Bonchev–Trinajstić information content (AvgIpc) is 3.25. The first-order chi connectivity index (χ1) is 14.5. The number of anilines is 1. The van der Waals surface area contributed by atoms with Gasteiger partial charge in [0.2, 0.25) is 5.09 Å². The number of carbonyl (C=O) groups excluding carboxylic acids is 1. The maximum atomic E-state index is 13.0. The highest BCUT2D eigenvalue weighted by Gasteiger charge is 2.28. The Bertz CT molecular complexity index is 1110. The molecule has 1 unspecified atom stereocenters. The highest BCUT2D eigenvalue weighted by Crippen LogP contribution is 2.37. The topological polar surface area (TPSA) is 115 Å². The van der Waals surface area contributed by atoms with Crippen LogP contribution in [-0.2, 0) is 34.8 Å². The van der Waals surface area contributed by atoms with Crippen LogP contribution in [-0.4, -0.2) is 15.3 Å². The molecule has 0 spiro atoms. The van der Waals surface area contributed by atoms with Gasteiger partial charge >= 0.3 is 6.03 Å². The molecule has 168 valence electrons. The molecule has 0 saturated heterocycles. The molecule has 0 radical (unpaired) electrons. The Balaban J connectivity index is 1.55. The predicted molar refractivity (Wildman–Crippen MR) is 119 cm³/mol. The second-order valence-corrected chi connectivity index (χ2v) is 11.0. The van der Waals surface area contributed by atoms with Crippen LogP contribution in [0.15, 0.2) is 27.7 Å². The Morgan fingerprint density at radius 1 is 1.29 bits per heavy atom. The van der Waals surface area contributed by atoms with Gasteiger partial charge in [0.25, 0.3) is 0 Å². The quantitative estimate of drug-likeness (QED) is 0.512. The highest BCUT2D eigenvalue weighted by atomic mass is 32.2. The number of aliphatic hydroxyl groups is 1. The molecular weight excluding hydrogens is 414 g/mol. The Hall–Kier alpha value is -2.32. The molecule has 1 aromatic carbocycles. The number of carbonyl (C=O) groups is 1. The molecule has 0 aliphatic heterocycles. The second-order valence-electron chi connectivity index (χ2n) is 9.30. The summed E-state index contributed by atoms with van der Waals surface area (Å²) in [5, 5.41) is 13.0. The van der Waals surface area contributed by atoms with Crippen molar-refractivity contribution in [3.05, 3.63) is 46.2 Å². The number of benzene rings is 1. The van der Waals surface area contributed by atoms with Crippen molar-refractivity contribution in [1.82, 2.24) is 4.72 Å². The molecule has 1 aromatic heterocycles. The lowest BCUT2D eigenvalue weighted by Gasteiger charge is -2.27. The van der Waals surface area contributed by atoms with Crippen LogP contribution in [0.25, 0.3) is 0 Å². The van der Waals surface area contributed by atoms with Crippen LogP contribution >= 0.6 is 0 Å². The molecule has 1 saturated carbocycles. The van der Waals surface area contributed by atoms with Crippen molar-refractivity contribution in [3.63, 3.8) is 0 Å². The van der Waals surface area contributed by atoms with E-state index in [2.05, 4.69) is 22.2 Å². The summed E-state index contributed by atoms with van der Waals surface area (Å²) in [5.41, 5.74) is 3.55. The number of urea groups is 1. The van der Waals surface area contributed by atoms with Gasteiger partial charge in [-0.05, 0) is 69.1 Å². The van der Waals surface area contributed by atoms with Crippen molar-refractivity contribution < 1.29 is 18.5 Å². The van der Waals surface area contributed by atoms with Crippen molar-refractivity contribution >= 4 is 21.6 Å². The number of furan rings is 1. The molecule has 7 nitrogen and oxygen atoms in total. The van der Waals surface area contributed by atoms with Crippen molar-refractivity contribution in [2.24, 2.45) is 5.92 Å². The summed E-state index contributed by atoms with van der Waals surface area (Å²) < 4.78 is 28.9. The van der Waals surface area contributed by atoms with E-state index in [1.807, 2.05) is 0 Å². The summed E-state index contributed by atoms with van der Waals surface area (Å²) in [7, 11) is -3.72. The van der Waals surface area contributed by atoms with Crippen LogP contribution in [0, 0.1) is 17.6 Å². The monoisotopic (exact) mass is 445 g/mol. The first-order valence-corrected chi connectivity index (χ1v) is 12.4. The fourth-order valence-electron chi connectivity index (χ4n) is 4.57. The van der Waals surface area contributed by atoms with E-state index in [0.717, 1.165) is 42.5 Å². The van der Waals surface area contributed by atoms with Gasteiger partial charge in [-0.2, -0.15) is 0 Å². The van der Waals surface area contributed by atoms with E-state index in [1.165, 1.54) is 30.9 Å². The van der Waals surface area contributed by atoms with E-state index >= 15 is 0 Å². The maximum absolute atomic E-state index is 13.0. The lowest BCUT2D eigenvalue weighted by atomic mass is 9.80. The Morgan fingerprint density at radius 2 is 2.03 bits per heavy atom. The third kappa shape index (κ3) is 4.50. The molecule has 31 heavy (non-hydrogen) atoms. The SMILES string of the molecule is Cc1oc(S(=N)(=O)NC(=O)Nc2c(CC3CCC3)ccc3c2CCC3)cc1C(C)(C)O. The first-order valence-electron chi connectivity index (χ1n) is 10.9. The normalized spacial score (nSPS) is 18.2. The molecule has 2 amide bonds. The molecule has 4 rings (SSSR count). The molecule has 0 bridgehead atoms. The molecule has 1 atom stereocenters. The van der Waals surface area contributed by atoms with Gasteiger partial charge in [-0.1, -0.05) is 31.4 Å². The summed E-state index contributed by atoms with van der Waals surface area (Å²) in [6.45, 7) is 4.80. The number of amides is 2. The zero-order valence-electron chi connectivity index (χ0n) is 18.3. The smallest absolute Gasteiger partial charge is 0.332 e. The lowest BCUT2D eigenvalue weighted by molar-refractivity contribution is 0.0769. The van der Waals surface area contributed by atoms with Gasteiger partial charge in [0.1, 0.15) is 5.76 Å². The average molecular weight is 446 g/mol. The molecule has 2 aliphatic rings. The molecular formula is C23H31N3O4S. The Morgan fingerprint density at radius 3 is 2.65 bits per heavy atom. The van der Waals surface area contributed by atoms with Crippen LogP contribution in [0.1, 0.15) is 67.5 Å². The minimum atomic E-state index is -3.72. The van der Waals surface area contributed by atoms with Crippen molar-refractivity contribution in [2.45, 2.75) is 76.4 Å². The predicted octanol–water partition coefficient (Wildman–Crippen LogP) is 4.79. The summed E-state index contributed by atoms with van der Waals surface area (Å²) >= 11 is 0. The van der Waals surface area contributed by atoms with Crippen molar-refractivity contribution in [2.75, 3.05) is 5.32 Å². The molecule has 1 fully saturated rings. The molecule has 4 N–H and O–H groups in total. The Kier molecular flexibility index (Phi) is 5.64. The van der Waals surface area contributed by atoms with Gasteiger partial charge in [-0.25, -0.2) is 18.5 Å². The van der Waals surface area contributed by atoms with Crippen LogP contribution in [0.5, 0.6) is 0 Å². The highest BCUT2D eigenvalue weighted by molar-refractivity contribution is 7.91. The molecule has 2 aromatic rings. The molecule has 2 aliphatic carbocycles. The van der Waals surface area contributed by atoms with Crippen LogP contribution in [0.3, 0.4) is 0 Å². The zero-order chi connectivity index (χ0) is 22.4. The first kappa shape index (κ1) is 21.9. The van der Waals surface area contributed by atoms with Gasteiger partial charge < -0.3 is 14.8 Å². The zero-order valence-corrected chi connectivity index (χ0v) is 19.2. The van der Waals surface area contributed by atoms with E-state index in [-0.39, 0.29) is 5.09 Å². The van der Waals surface area contributed by atoms with Gasteiger partial charge in [0.15, 0.2) is 9.92 Å². The fraction of sp³-hybridized carbons (Fsp3) is 0.522. The largest absolute Gasteiger partial charge is 0.449 e. The Labute approximate surface area is 183 Å².